The van der Waals surface area contributed by atoms with Crippen LogP contribution < -0.4 is 10.6 Å². The van der Waals surface area contributed by atoms with Crippen LogP contribution in [0.4, 0.5) is 5.69 Å². The van der Waals surface area contributed by atoms with Gasteiger partial charge in [-0.1, -0.05) is 42.5 Å². The summed E-state index contributed by atoms with van der Waals surface area (Å²) in [6.07, 6.45) is 1.15. The highest BCUT2D eigenvalue weighted by Crippen LogP contribution is 2.34. The number of aryl methyl sites for hydroxylation is 1. The van der Waals surface area contributed by atoms with Gasteiger partial charge in [-0.05, 0) is 30.5 Å². The van der Waals surface area contributed by atoms with E-state index in [1.807, 2.05) is 12.1 Å². The zero-order chi connectivity index (χ0) is 14.8. The van der Waals surface area contributed by atoms with Crippen molar-refractivity contribution in [1.82, 2.24) is 0 Å². The van der Waals surface area contributed by atoms with Gasteiger partial charge in [-0.2, -0.15) is 0 Å². The molecule has 1 heterocycles. The first-order chi connectivity index (χ1) is 10.2. The summed E-state index contributed by atoms with van der Waals surface area (Å²) in [4.78, 5) is 2.38. The molecule has 0 radical (unpaired) electrons. The van der Waals surface area contributed by atoms with E-state index < -0.39 is 0 Å². The largest absolute Gasteiger partial charge is 0.384 e. The monoisotopic (exact) mass is 279 g/mol. The Morgan fingerprint density at radius 2 is 1.90 bits per heavy atom. The second-order valence-electron chi connectivity index (χ2n) is 5.73. The minimum absolute atomic E-state index is 0.150. The molecule has 1 atom stereocenters. The fourth-order valence-corrected chi connectivity index (χ4v) is 3.26. The van der Waals surface area contributed by atoms with E-state index in [1.54, 1.807) is 0 Å². The summed E-state index contributed by atoms with van der Waals surface area (Å²) >= 11 is 0. The minimum Gasteiger partial charge on any atom is -0.384 e. The molecule has 0 aromatic heterocycles. The predicted molar refractivity (Wildman–Crippen MR) is 88.2 cm³/mol. The lowest BCUT2D eigenvalue weighted by molar-refractivity contribution is 0.775. The third-order valence-corrected chi connectivity index (χ3v) is 4.30. The molecule has 3 nitrogen and oxygen atoms in total. The maximum absolute atomic E-state index is 7.80. The number of rotatable bonds is 3. The van der Waals surface area contributed by atoms with E-state index in [-0.39, 0.29) is 5.84 Å². The molecule has 2 aromatic carbocycles. The third kappa shape index (κ3) is 2.64. The molecule has 3 rings (SSSR count). The van der Waals surface area contributed by atoms with Crippen LogP contribution in [0.1, 0.15) is 29.0 Å². The molecule has 0 spiro atoms. The van der Waals surface area contributed by atoms with E-state index >= 15 is 0 Å². The first-order valence-corrected chi connectivity index (χ1v) is 7.40. The van der Waals surface area contributed by atoms with E-state index in [4.69, 9.17) is 11.1 Å². The number of para-hydroxylation sites is 1. The van der Waals surface area contributed by atoms with Crippen LogP contribution in [0.25, 0.3) is 0 Å². The van der Waals surface area contributed by atoms with Crippen LogP contribution in [0, 0.1) is 12.3 Å². The fourth-order valence-electron chi connectivity index (χ4n) is 3.26. The van der Waals surface area contributed by atoms with Gasteiger partial charge < -0.3 is 10.6 Å². The highest BCUT2D eigenvalue weighted by Gasteiger charge is 2.26. The number of amidine groups is 1. The summed E-state index contributed by atoms with van der Waals surface area (Å²) in [6.45, 7) is 4.11. The van der Waals surface area contributed by atoms with Crippen LogP contribution in [0.3, 0.4) is 0 Å². The number of nitrogen functional groups attached to an aromatic ring is 1. The lowest BCUT2D eigenvalue weighted by atomic mass is 9.99. The zero-order valence-corrected chi connectivity index (χ0v) is 12.3. The van der Waals surface area contributed by atoms with Crippen molar-refractivity contribution in [1.29, 1.82) is 5.41 Å². The summed E-state index contributed by atoms with van der Waals surface area (Å²) < 4.78 is 0. The molecule has 1 fully saturated rings. The van der Waals surface area contributed by atoms with Crippen molar-refractivity contribution in [3.8, 4) is 0 Å². The molecule has 3 heteroatoms. The quantitative estimate of drug-likeness (QED) is 0.669. The van der Waals surface area contributed by atoms with Crippen molar-refractivity contribution in [2.75, 3.05) is 18.0 Å². The molecule has 2 aromatic rings. The smallest absolute Gasteiger partial charge is 0.124 e. The molecule has 1 aliphatic rings. The predicted octanol–water partition coefficient (Wildman–Crippen LogP) is 3.27. The molecule has 21 heavy (non-hydrogen) atoms. The second-order valence-corrected chi connectivity index (χ2v) is 5.73. The molecule has 108 valence electrons. The molecule has 1 saturated heterocycles. The average molecular weight is 279 g/mol. The maximum Gasteiger partial charge on any atom is 0.124 e. The normalized spacial score (nSPS) is 18.0. The Labute approximate surface area is 125 Å². The van der Waals surface area contributed by atoms with Gasteiger partial charge in [0.05, 0.1) is 5.69 Å². The van der Waals surface area contributed by atoms with Gasteiger partial charge in [-0.25, -0.2) is 0 Å². The molecule has 0 amide bonds. The Hall–Kier alpha value is -2.29. The van der Waals surface area contributed by atoms with Crippen molar-refractivity contribution >= 4 is 11.5 Å². The highest BCUT2D eigenvalue weighted by atomic mass is 15.2. The van der Waals surface area contributed by atoms with Crippen molar-refractivity contribution in [3.05, 3.63) is 65.2 Å². The summed E-state index contributed by atoms with van der Waals surface area (Å²) in [7, 11) is 0. The van der Waals surface area contributed by atoms with Crippen LogP contribution in [-0.4, -0.2) is 18.9 Å². The standard InChI is InChI=1S/C18H21N3/c1-13-6-5-9-16(18(19)20)17(13)21-11-10-15(12-21)14-7-3-2-4-8-14/h2-9,15H,10-12H2,1H3,(H3,19,20). The minimum atomic E-state index is 0.150. The lowest BCUT2D eigenvalue weighted by Gasteiger charge is -2.24. The Kier molecular flexibility index (Phi) is 3.65. The van der Waals surface area contributed by atoms with E-state index in [2.05, 4.69) is 48.2 Å². The average Bonchev–Trinajstić information content (AvgIpc) is 2.97. The number of benzene rings is 2. The number of anilines is 1. The van der Waals surface area contributed by atoms with Crippen molar-refractivity contribution in [2.45, 2.75) is 19.3 Å². The van der Waals surface area contributed by atoms with Gasteiger partial charge in [0.15, 0.2) is 0 Å². The molecule has 3 N–H and O–H groups in total. The molecule has 1 aliphatic heterocycles. The summed E-state index contributed by atoms with van der Waals surface area (Å²) in [5, 5.41) is 7.80. The van der Waals surface area contributed by atoms with Crippen LogP contribution >= 0.6 is 0 Å². The maximum atomic E-state index is 7.80. The zero-order valence-electron chi connectivity index (χ0n) is 12.3. The van der Waals surface area contributed by atoms with Crippen LogP contribution in [-0.2, 0) is 0 Å². The van der Waals surface area contributed by atoms with E-state index in [1.165, 1.54) is 11.1 Å². The second kappa shape index (κ2) is 5.60. The van der Waals surface area contributed by atoms with Gasteiger partial charge in [0.1, 0.15) is 5.84 Å². The van der Waals surface area contributed by atoms with Gasteiger partial charge in [-0.15, -0.1) is 0 Å². The van der Waals surface area contributed by atoms with Crippen LogP contribution in [0.5, 0.6) is 0 Å². The van der Waals surface area contributed by atoms with Gasteiger partial charge in [-0.3, -0.25) is 5.41 Å². The lowest BCUT2D eigenvalue weighted by Crippen LogP contribution is -2.25. The van der Waals surface area contributed by atoms with E-state index in [9.17, 15) is 0 Å². The number of nitrogens with one attached hydrogen (secondary N) is 1. The number of hydrogen-bond acceptors (Lipinski definition) is 2. The molecule has 1 unspecified atom stereocenters. The molecule has 0 aliphatic carbocycles. The van der Waals surface area contributed by atoms with Crippen molar-refractivity contribution < 1.29 is 0 Å². The topological polar surface area (TPSA) is 53.1 Å². The van der Waals surface area contributed by atoms with Gasteiger partial charge in [0.2, 0.25) is 0 Å². The molecular formula is C18H21N3. The summed E-state index contributed by atoms with van der Waals surface area (Å²) in [5.74, 6) is 0.711. The third-order valence-electron chi connectivity index (χ3n) is 4.30. The van der Waals surface area contributed by atoms with Crippen molar-refractivity contribution in [2.24, 2.45) is 5.73 Å². The molecule has 0 bridgehead atoms. The van der Waals surface area contributed by atoms with Crippen LogP contribution in [0.2, 0.25) is 0 Å². The first kappa shape index (κ1) is 13.7. The Bertz CT molecular complexity index is 649. The Morgan fingerprint density at radius 1 is 1.14 bits per heavy atom. The van der Waals surface area contributed by atoms with Gasteiger partial charge in [0.25, 0.3) is 0 Å². The molecule has 0 saturated carbocycles. The van der Waals surface area contributed by atoms with Gasteiger partial charge >= 0.3 is 0 Å². The van der Waals surface area contributed by atoms with E-state index in [0.29, 0.717) is 5.92 Å². The highest BCUT2D eigenvalue weighted by molar-refractivity contribution is 6.01. The van der Waals surface area contributed by atoms with E-state index in [0.717, 1.165) is 30.8 Å². The SMILES string of the molecule is Cc1cccc(C(=N)N)c1N1CCC(c2ccccc2)C1. The number of nitrogens with two attached hydrogens (primary N) is 1. The summed E-state index contributed by atoms with van der Waals surface area (Å²) in [6, 6.07) is 16.7. The Balaban J connectivity index is 1.89. The van der Waals surface area contributed by atoms with Crippen molar-refractivity contribution in [3.63, 3.8) is 0 Å². The number of nitrogens with zero attached hydrogens (tertiary/aromatic N) is 1. The Morgan fingerprint density at radius 3 is 2.62 bits per heavy atom. The van der Waals surface area contributed by atoms with Gasteiger partial charge in [0, 0.05) is 24.6 Å². The number of hydrogen-bond donors (Lipinski definition) is 2. The first-order valence-electron chi connectivity index (χ1n) is 7.40. The molecular weight excluding hydrogens is 258 g/mol. The van der Waals surface area contributed by atoms with Crippen LogP contribution in [0.15, 0.2) is 48.5 Å². The summed E-state index contributed by atoms with van der Waals surface area (Å²) in [5.41, 5.74) is 10.3. The fraction of sp³-hybridized carbons (Fsp3) is 0.278.